The Balaban J connectivity index is 1.14. The first kappa shape index (κ1) is 38.2. The summed E-state index contributed by atoms with van der Waals surface area (Å²) in [7, 11) is 0. The van der Waals surface area contributed by atoms with Crippen LogP contribution in [0.1, 0.15) is 105 Å². The largest absolute Gasteiger partial charge is 0.310 e. The first-order chi connectivity index (χ1) is 27.3. The van der Waals surface area contributed by atoms with Gasteiger partial charge in [-0.05, 0) is 149 Å². The van der Waals surface area contributed by atoms with Crippen LogP contribution >= 0.6 is 0 Å². The topological polar surface area (TPSA) is 6.48 Å². The molecule has 2 aliphatic carbocycles. The SMILES string of the molecule is CC1(C)c2ccc(N(c3ccccc3)c3ccc4c(ccc5cc(N(c6ccccc6)c6ccc7c(c6)C(C)(C)C(C)(C)C7(C)C)ccc54)c3)cc2C(C)(C)C1(C)C. The second kappa shape index (κ2) is 12.6. The third kappa shape index (κ3) is 5.16. The molecule has 7 aromatic rings. The number of fused-ring (bicyclic) bond motifs is 5. The number of benzene rings is 7. The first-order valence-electron chi connectivity index (χ1n) is 21.3. The van der Waals surface area contributed by atoms with Crippen molar-refractivity contribution in [1.29, 1.82) is 0 Å². The Labute approximate surface area is 347 Å². The normalized spacial score (nSPS) is 18.8. The molecule has 0 aromatic heterocycles. The fraction of sp³-hybridized carbons (Fsp3) is 0.321. The summed E-state index contributed by atoms with van der Waals surface area (Å²) in [5.41, 5.74) is 13.2. The second-order valence-corrected chi connectivity index (χ2v) is 20.4. The maximum absolute atomic E-state index is 2.47. The zero-order valence-corrected chi connectivity index (χ0v) is 36.8. The smallest absolute Gasteiger partial charge is 0.0468 e. The van der Waals surface area contributed by atoms with Crippen molar-refractivity contribution in [3.05, 3.63) is 168 Å². The maximum Gasteiger partial charge on any atom is 0.0468 e. The lowest BCUT2D eigenvalue weighted by atomic mass is 9.59. The lowest BCUT2D eigenvalue weighted by molar-refractivity contribution is 0.125. The Kier molecular flexibility index (Phi) is 8.28. The summed E-state index contributed by atoms with van der Waals surface area (Å²) >= 11 is 0. The van der Waals surface area contributed by atoms with Gasteiger partial charge >= 0.3 is 0 Å². The summed E-state index contributed by atoms with van der Waals surface area (Å²) in [6.45, 7) is 29.1. The van der Waals surface area contributed by atoms with E-state index in [4.69, 9.17) is 0 Å². The molecule has 0 fully saturated rings. The van der Waals surface area contributed by atoms with E-state index in [0.717, 1.165) is 22.7 Å². The van der Waals surface area contributed by atoms with Gasteiger partial charge in [-0.1, -0.05) is 156 Å². The van der Waals surface area contributed by atoms with Crippen LogP contribution in [0.4, 0.5) is 34.1 Å². The fourth-order valence-electron chi connectivity index (χ4n) is 10.7. The quantitative estimate of drug-likeness (QED) is 0.156. The van der Waals surface area contributed by atoms with E-state index in [-0.39, 0.29) is 32.5 Å². The van der Waals surface area contributed by atoms with Crippen LogP contribution in [-0.2, 0) is 21.7 Å². The molecule has 0 spiro atoms. The van der Waals surface area contributed by atoms with E-state index < -0.39 is 0 Å². The first-order valence-corrected chi connectivity index (χ1v) is 21.3. The standard InChI is InChI=1S/C56H60N2/c1-51(2)47-31-27-43(35-49(47)53(5,6)55(51,9)10)57(39-19-15-13-16-20-39)41-25-29-45-37(33-41)23-24-38-34-42(26-30-46(38)45)58(40-21-17-14-18-22-40)44-28-32-48-50(36-44)54(7,8)56(11,12)52(48,3)4/h13-36H,1-12H3. The van der Waals surface area contributed by atoms with E-state index >= 15 is 0 Å². The number of hydrogen-bond donors (Lipinski definition) is 0. The molecule has 0 unspecified atom stereocenters. The molecule has 0 atom stereocenters. The average Bonchev–Trinajstić information content (AvgIpc) is 3.38. The summed E-state index contributed by atoms with van der Waals surface area (Å²) in [6, 6.07) is 54.7. The van der Waals surface area contributed by atoms with Gasteiger partial charge in [0.25, 0.3) is 0 Å². The van der Waals surface area contributed by atoms with Crippen molar-refractivity contribution in [1.82, 2.24) is 0 Å². The fourth-order valence-corrected chi connectivity index (χ4v) is 10.7. The second-order valence-electron chi connectivity index (χ2n) is 20.4. The number of anilines is 6. The van der Waals surface area contributed by atoms with Gasteiger partial charge in [0.2, 0.25) is 0 Å². The van der Waals surface area contributed by atoms with E-state index in [1.54, 1.807) is 0 Å². The maximum atomic E-state index is 2.47. The molecular weight excluding hydrogens is 701 g/mol. The lowest BCUT2D eigenvalue weighted by Crippen LogP contribution is -2.42. The highest BCUT2D eigenvalue weighted by Gasteiger charge is 2.58. The van der Waals surface area contributed by atoms with Gasteiger partial charge in [0.1, 0.15) is 0 Å². The molecule has 58 heavy (non-hydrogen) atoms. The Morgan fingerprint density at radius 2 is 0.586 bits per heavy atom. The Hall–Kier alpha value is -5.34. The molecule has 0 radical (unpaired) electrons. The Morgan fingerprint density at radius 3 is 0.948 bits per heavy atom. The molecule has 0 amide bonds. The molecular formula is C56H60N2. The predicted molar refractivity (Wildman–Crippen MR) is 250 cm³/mol. The molecule has 2 aliphatic rings. The number of hydrogen-bond acceptors (Lipinski definition) is 2. The van der Waals surface area contributed by atoms with E-state index in [9.17, 15) is 0 Å². The van der Waals surface area contributed by atoms with Crippen molar-refractivity contribution in [3.63, 3.8) is 0 Å². The molecule has 294 valence electrons. The van der Waals surface area contributed by atoms with Crippen molar-refractivity contribution in [2.24, 2.45) is 10.8 Å². The minimum absolute atomic E-state index is 0.0202. The lowest BCUT2D eigenvalue weighted by Gasteiger charge is -2.44. The van der Waals surface area contributed by atoms with E-state index in [1.165, 1.54) is 55.2 Å². The molecule has 0 N–H and O–H groups in total. The van der Waals surface area contributed by atoms with Gasteiger partial charge in [0.05, 0.1) is 0 Å². The van der Waals surface area contributed by atoms with Crippen LogP contribution in [0.5, 0.6) is 0 Å². The number of nitrogens with zero attached hydrogens (tertiary/aromatic N) is 2. The van der Waals surface area contributed by atoms with Crippen LogP contribution in [0.25, 0.3) is 21.5 Å². The minimum atomic E-state index is 0.0202. The Bertz CT molecular complexity index is 2540. The van der Waals surface area contributed by atoms with Gasteiger partial charge in [-0.15, -0.1) is 0 Å². The summed E-state index contributed by atoms with van der Waals surface area (Å²) < 4.78 is 0. The summed E-state index contributed by atoms with van der Waals surface area (Å²) in [6.07, 6.45) is 0. The molecule has 0 saturated heterocycles. The van der Waals surface area contributed by atoms with Gasteiger partial charge in [0, 0.05) is 34.1 Å². The van der Waals surface area contributed by atoms with E-state index in [2.05, 4.69) is 238 Å². The van der Waals surface area contributed by atoms with Crippen LogP contribution in [0.2, 0.25) is 0 Å². The third-order valence-corrected chi connectivity index (χ3v) is 16.8. The number of para-hydroxylation sites is 2. The van der Waals surface area contributed by atoms with Gasteiger partial charge in [-0.3, -0.25) is 0 Å². The molecule has 2 nitrogen and oxygen atoms in total. The highest BCUT2D eigenvalue weighted by atomic mass is 15.1. The van der Waals surface area contributed by atoms with Crippen LogP contribution in [0, 0.1) is 10.8 Å². The molecule has 9 rings (SSSR count). The predicted octanol–water partition coefficient (Wildman–Crippen LogP) is 16.1. The van der Waals surface area contributed by atoms with Crippen molar-refractivity contribution >= 4 is 55.7 Å². The molecule has 0 bridgehead atoms. The summed E-state index contributed by atoms with van der Waals surface area (Å²) in [5, 5.41) is 4.98. The molecule has 0 aliphatic heterocycles. The van der Waals surface area contributed by atoms with Crippen LogP contribution in [0.15, 0.2) is 146 Å². The van der Waals surface area contributed by atoms with Crippen molar-refractivity contribution in [2.45, 2.75) is 105 Å². The molecule has 0 saturated carbocycles. The summed E-state index contributed by atoms with van der Waals surface area (Å²) in [5.74, 6) is 0. The van der Waals surface area contributed by atoms with Gasteiger partial charge in [-0.25, -0.2) is 0 Å². The van der Waals surface area contributed by atoms with E-state index in [1.807, 2.05) is 0 Å². The van der Waals surface area contributed by atoms with Gasteiger partial charge in [-0.2, -0.15) is 0 Å². The number of rotatable bonds is 6. The van der Waals surface area contributed by atoms with E-state index in [0.29, 0.717) is 0 Å². The zero-order valence-electron chi connectivity index (χ0n) is 36.8. The highest BCUT2D eigenvalue weighted by Crippen LogP contribution is 2.63. The highest BCUT2D eigenvalue weighted by molar-refractivity contribution is 6.09. The Morgan fingerprint density at radius 1 is 0.276 bits per heavy atom. The monoisotopic (exact) mass is 760 g/mol. The third-order valence-electron chi connectivity index (χ3n) is 16.8. The van der Waals surface area contributed by atoms with Crippen LogP contribution in [-0.4, -0.2) is 0 Å². The molecule has 7 aromatic carbocycles. The minimum Gasteiger partial charge on any atom is -0.310 e. The average molecular weight is 761 g/mol. The van der Waals surface area contributed by atoms with Crippen LogP contribution < -0.4 is 9.80 Å². The zero-order chi connectivity index (χ0) is 41.2. The summed E-state index contributed by atoms with van der Waals surface area (Å²) in [4.78, 5) is 4.86. The van der Waals surface area contributed by atoms with Crippen molar-refractivity contribution in [3.8, 4) is 0 Å². The van der Waals surface area contributed by atoms with Gasteiger partial charge in [0.15, 0.2) is 0 Å². The molecule has 0 heterocycles. The van der Waals surface area contributed by atoms with Crippen molar-refractivity contribution in [2.75, 3.05) is 9.80 Å². The van der Waals surface area contributed by atoms with Crippen LogP contribution in [0.3, 0.4) is 0 Å². The van der Waals surface area contributed by atoms with Gasteiger partial charge < -0.3 is 9.80 Å². The molecule has 2 heteroatoms. The van der Waals surface area contributed by atoms with Crippen molar-refractivity contribution < 1.29 is 0 Å².